The molecule has 8 heteroatoms. The van der Waals surface area contributed by atoms with Gasteiger partial charge in [-0.1, -0.05) is 27.7 Å². The number of rotatable bonds is 12. The summed E-state index contributed by atoms with van der Waals surface area (Å²) in [5, 5.41) is 14.4. The van der Waals surface area contributed by atoms with Crippen LogP contribution in [0.15, 0.2) is 24.5 Å². The van der Waals surface area contributed by atoms with E-state index in [4.69, 9.17) is 0 Å². The molecule has 0 radical (unpaired) electrons. The van der Waals surface area contributed by atoms with E-state index in [9.17, 15) is 9.59 Å². The second-order valence-corrected chi connectivity index (χ2v) is 7.79. The highest BCUT2D eigenvalue weighted by molar-refractivity contribution is 6.31. The lowest BCUT2D eigenvalue weighted by atomic mass is 9.83. The van der Waals surface area contributed by atoms with E-state index >= 15 is 0 Å². The molecular weight excluding hydrogens is 404 g/mol. The van der Waals surface area contributed by atoms with Gasteiger partial charge < -0.3 is 20.4 Å². The van der Waals surface area contributed by atoms with Crippen molar-refractivity contribution < 1.29 is 9.59 Å². The van der Waals surface area contributed by atoms with Gasteiger partial charge in [-0.15, -0.1) is 0 Å². The van der Waals surface area contributed by atoms with Crippen molar-refractivity contribution in [3.63, 3.8) is 0 Å². The number of nitrogens with one attached hydrogen (secondary N) is 2. The van der Waals surface area contributed by atoms with Gasteiger partial charge >= 0.3 is 0 Å². The third-order valence-corrected chi connectivity index (χ3v) is 6.16. The maximum Gasteiger partial charge on any atom is 0.198 e. The first-order chi connectivity index (χ1) is 15.5. The van der Waals surface area contributed by atoms with Gasteiger partial charge in [0, 0.05) is 37.6 Å². The molecule has 1 aromatic carbocycles. The van der Waals surface area contributed by atoms with Gasteiger partial charge in [0.15, 0.2) is 11.6 Å². The Hall–Kier alpha value is -2.84. The summed E-state index contributed by atoms with van der Waals surface area (Å²) in [5.74, 6) is -0.385. The number of hydrogen-bond donors (Lipinski definition) is 2. The predicted molar refractivity (Wildman–Crippen MR) is 128 cm³/mol. The molecule has 0 aliphatic heterocycles. The van der Waals surface area contributed by atoms with E-state index < -0.39 is 0 Å². The molecule has 0 amide bonds. The van der Waals surface area contributed by atoms with Gasteiger partial charge in [0.05, 0.1) is 34.6 Å². The fourth-order valence-corrected chi connectivity index (χ4v) is 4.10. The molecule has 8 nitrogen and oxygen atoms in total. The number of aromatic nitrogens is 2. The minimum absolute atomic E-state index is 0.192. The van der Waals surface area contributed by atoms with Crippen LogP contribution < -0.4 is 10.6 Å². The highest BCUT2D eigenvalue weighted by Gasteiger charge is 2.34. The van der Waals surface area contributed by atoms with E-state index in [0.717, 1.165) is 39.3 Å². The maximum atomic E-state index is 13.4. The van der Waals surface area contributed by atoms with E-state index in [1.54, 1.807) is 0 Å². The summed E-state index contributed by atoms with van der Waals surface area (Å²) >= 11 is 0. The van der Waals surface area contributed by atoms with Gasteiger partial charge in [-0.2, -0.15) is 10.2 Å². The topological polar surface area (TPSA) is 90.5 Å². The number of fused-ring (bicyclic) bond motifs is 2. The quantitative estimate of drug-likeness (QED) is 0.446. The molecule has 3 rings (SSSR count). The van der Waals surface area contributed by atoms with Gasteiger partial charge in [0.1, 0.15) is 0 Å². The number of ketones is 2. The fourth-order valence-electron chi connectivity index (χ4n) is 4.10. The zero-order chi connectivity index (χ0) is 23.1. The normalized spacial score (nSPS) is 12.8. The molecular formula is C24H34N6O2. The second-order valence-electron chi connectivity index (χ2n) is 7.79. The summed E-state index contributed by atoms with van der Waals surface area (Å²) in [6, 6.07) is 3.79. The van der Waals surface area contributed by atoms with Crippen molar-refractivity contribution in [3.05, 3.63) is 46.8 Å². The number of nitrogens with zero attached hydrogens (tertiary/aromatic N) is 4. The molecule has 172 valence electrons. The van der Waals surface area contributed by atoms with Crippen LogP contribution >= 0.6 is 0 Å². The zero-order valence-electron chi connectivity index (χ0n) is 19.6. The summed E-state index contributed by atoms with van der Waals surface area (Å²) in [7, 11) is 0. The number of carbonyl (C=O) groups excluding carboxylic acids is 2. The third-order valence-electron chi connectivity index (χ3n) is 6.16. The monoisotopic (exact) mass is 438 g/mol. The van der Waals surface area contributed by atoms with E-state index in [1.807, 2.05) is 12.1 Å². The Bertz CT molecular complexity index is 878. The Morgan fingerprint density at radius 2 is 1.06 bits per heavy atom. The molecule has 1 heterocycles. The number of benzene rings is 1. The van der Waals surface area contributed by atoms with Crippen LogP contribution in [0.2, 0.25) is 0 Å². The summed E-state index contributed by atoms with van der Waals surface area (Å²) in [6.07, 6.45) is 2.78. The van der Waals surface area contributed by atoms with E-state index in [2.05, 4.69) is 58.3 Å². The molecule has 0 bridgehead atoms. The molecule has 2 aromatic rings. The molecule has 2 N–H and O–H groups in total. The number of hydrogen-bond acceptors (Lipinski definition) is 8. The molecule has 0 unspecified atom stereocenters. The van der Waals surface area contributed by atoms with Gasteiger partial charge in [0.2, 0.25) is 0 Å². The first-order valence-corrected chi connectivity index (χ1v) is 11.5. The molecule has 0 saturated carbocycles. The standard InChI is InChI=1S/C24H34N6O2/c1-5-29(6-2)13-11-25-19-9-10-20(26-12-14-30(7-3)8-4)22-21(19)23(31)17-15-27-28-16-18(17)24(22)32/h9-10,15-16,25-26H,5-8,11-14H2,1-4H3. The lowest BCUT2D eigenvalue weighted by Crippen LogP contribution is -2.31. The van der Waals surface area contributed by atoms with Crippen molar-refractivity contribution in [1.82, 2.24) is 20.0 Å². The van der Waals surface area contributed by atoms with Crippen LogP contribution in [0.25, 0.3) is 0 Å². The summed E-state index contributed by atoms with van der Waals surface area (Å²) < 4.78 is 0. The Morgan fingerprint density at radius 1 is 0.688 bits per heavy atom. The SMILES string of the molecule is CCN(CC)CCNc1ccc(NCCN(CC)CC)c2c1C(=O)c1cnncc1C2=O. The first kappa shape index (κ1) is 23.8. The maximum absolute atomic E-state index is 13.4. The van der Waals surface area contributed by atoms with Crippen molar-refractivity contribution in [1.29, 1.82) is 0 Å². The highest BCUT2D eigenvalue weighted by Crippen LogP contribution is 2.36. The van der Waals surface area contributed by atoms with Crippen molar-refractivity contribution in [2.45, 2.75) is 27.7 Å². The Kier molecular flexibility index (Phi) is 8.30. The van der Waals surface area contributed by atoms with Crippen LogP contribution in [-0.4, -0.2) is 83.9 Å². The lowest BCUT2D eigenvalue weighted by molar-refractivity contribution is 0.0979. The second kappa shape index (κ2) is 11.2. The van der Waals surface area contributed by atoms with E-state index in [-0.39, 0.29) is 11.6 Å². The van der Waals surface area contributed by atoms with Crippen LogP contribution in [-0.2, 0) is 0 Å². The summed E-state index contributed by atoms with van der Waals surface area (Å²) in [5.41, 5.74) is 2.82. The van der Waals surface area contributed by atoms with Crippen molar-refractivity contribution in [3.8, 4) is 0 Å². The van der Waals surface area contributed by atoms with E-state index in [0.29, 0.717) is 46.7 Å². The smallest absolute Gasteiger partial charge is 0.198 e. The van der Waals surface area contributed by atoms with Gasteiger partial charge in [0.25, 0.3) is 0 Å². The van der Waals surface area contributed by atoms with Gasteiger partial charge in [-0.25, -0.2) is 0 Å². The molecule has 1 aromatic heterocycles. The average molecular weight is 439 g/mol. The Morgan fingerprint density at radius 3 is 1.41 bits per heavy atom. The molecule has 0 saturated heterocycles. The third kappa shape index (κ3) is 4.97. The van der Waals surface area contributed by atoms with E-state index in [1.165, 1.54) is 12.4 Å². The first-order valence-electron chi connectivity index (χ1n) is 11.5. The number of carbonyl (C=O) groups is 2. The number of anilines is 2. The molecule has 1 aliphatic rings. The highest BCUT2D eigenvalue weighted by atomic mass is 16.1. The van der Waals surface area contributed by atoms with Crippen LogP contribution in [0.1, 0.15) is 59.5 Å². The van der Waals surface area contributed by atoms with Crippen molar-refractivity contribution in [2.75, 3.05) is 63.0 Å². The average Bonchev–Trinajstić information content (AvgIpc) is 2.83. The van der Waals surface area contributed by atoms with Gasteiger partial charge in [-0.3, -0.25) is 9.59 Å². The Labute approximate surface area is 190 Å². The van der Waals surface area contributed by atoms with Crippen LogP contribution in [0, 0.1) is 0 Å². The fraction of sp³-hybridized carbons (Fsp3) is 0.500. The minimum atomic E-state index is -0.192. The van der Waals surface area contributed by atoms with Crippen LogP contribution in [0.3, 0.4) is 0 Å². The van der Waals surface area contributed by atoms with Crippen LogP contribution in [0.4, 0.5) is 11.4 Å². The van der Waals surface area contributed by atoms with Gasteiger partial charge in [-0.05, 0) is 38.3 Å². The summed E-state index contributed by atoms with van der Waals surface area (Å²) in [6.45, 7) is 15.5. The molecule has 1 aliphatic carbocycles. The predicted octanol–water partition coefficient (Wildman–Crippen LogP) is 2.76. The summed E-state index contributed by atoms with van der Waals surface area (Å²) in [4.78, 5) is 31.4. The Balaban J connectivity index is 1.92. The lowest BCUT2D eigenvalue weighted by Gasteiger charge is -2.25. The van der Waals surface area contributed by atoms with Crippen molar-refractivity contribution >= 4 is 22.9 Å². The molecule has 32 heavy (non-hydrogen) atoms. The largest absolute Gasteiger partial charge is 0.383 e. The molecule has 0 fully saturated rings. The minimum Gasteiger partial charge on any atom is -0.383 e. The molecule has 0 spiro atoms. The van der Waals surface area contributed by atoms with Crippen LogP contribution in [0.5, 0.6) is 0 Å². The van der Waals surface area contributed by atoms with Crippen molar-refractivity contribution in [2.24, 2.45) is 0 Å². The molecule has 0 atom stereocenters. The zero-order valence-corrected chi connectivity index (χ0v) is 19.6. The number of likely N-dealkylation sites (N-methyl/N-ethyl adjacent to an activating group) is 2.